The van der Waals surface area contributed by atoms with Crippen molar-refractivity contribution in [2.75, 3.05) is 7.05 Å². The van der Waals surface area contributed by atoms with Crippen molar-refractivity contribution in [3.63, 3.8) is 0 Å². The number of guanidine groups is 1. The molecular formula is C14H18ClN3. The first-order valence-corrected chi connectivity index (χ1v) is 6.89. The molecule has 2 atom stereocenters. The number of aliphatic imine (C=N–C) groups is 1. The van der Waals surface area contributed by atoms with Crippen LogP contribution in [-0.4, -0.2) is 25.1 Å². The molecule has 0 unspecified atom stereocenters. The van der Waals surface area contributed by atoms with Crippen LogP contribution in [0.3, 0.4) is 0 Å². The van der Waals surface area contributed by atoms with E-state index in [1.54, 1.807) is 0 Å². The van der Waals surface area contributed by atoms with Gasteiger partial charge in [0.1, 0.15) is 0 Å². The van der Waals surface area contributed by atoms with Crippen molar-refractivity contribution < 1.29 is 0 Å². The summed E-state index contributed by atoms with van der Waals surface area (Å²) in [6, 6.07) is 9.31. The predicted octanol–water partition coefficient (Wildman–Crippen LogP) is 2.52. The third-order valence-electron chi connectivity index (χ3n) is 3.55. The van der Waals surface area contributed by atoms with E-state index in [2.05, 4.69) is 27.8 Å². The summed E-state index contributed by atoms with van der Waals surface area (Å²) in [5.74, 6) is 1.54. The number of hydrogen-bond acceptors (Lipinski definition) is 1. The molecule has 0 heterocycles. The van der Waals surface area contributed by atoms with Crippen LogP contribution in [0.25, 0.3) is 0 Å². The number of nitrogens with zero attached hydrogens (tertiary/aromatic N) is 1. The number of benzene rings is 1. The van der Waals surface area contributed by atoms with E-state index in [-0.39, 0.29) is 0 Å². The van der Waals surface area contributed by atoms with Gasteiger partial charge in [-0.2, -0.15) is 0 Å². The van der Waals surface area contributed by atoms with E-state index in [0.717, 1.165) is 11.0 Å². The Morgan fingerprint density at radius 3 is 2.56 bits per heavy atom. The molecule has 2 saturated carbocycles. The smallest absolute Gasteiger partial charge is 0.191 e. The molecule has 2 aliphatic carbocycles. The second-order valence-electron chi connectivity index (χ2n) is 5.14. The molecule has 18 heavy (non-hydrogen) atoms. The van der Waals surface area contributed by atoms with E-state index in [0.29, 0.717) is 18.0 Å². The summed E-state index contributed by atoms with van der Waals surface area (Å²) in [5, 5.41) is 7.69. The van der Waals surface area contributed by atoms with Crippen molar-refractivity contribution in [3.05, 3.63) is 34.9 Å². The van der Waals surface area contributed by atoms with Crippen LogP contribution in [0.5, 0.6) is 0 Å². The predicted molar refractivity (Wildman–Crippen MR) is 75.3 cm³/mol. The van der Waals surface area contributed by atoms with Crippen LogP contribution < -0.4 is 10.6 Å². The van der Waals surface area contributed by atoms with Crippen LogP contribution in [0.15, 0.2) is 29.3 Å². The number of halogens is 1. The highest BCUT2D eigenvalue weighted by Crippen LogP contribution is 2.41. The standard InChI is InChI=1S/C14H18ClN3/c1-16-14(17-11-6-7-11)18-13-8-12(13)9-2-4-10(15)5-3-9/h2-5,11-13H,6-8H2,1H3,(H2,16,17,18)/t12-,13+/m0/s1. The van der Waals surface area contributed by atoms with E-state index in [4.69, 9.17) is 11.6 Å². The Bertz CT molecular complexity index is 451. The molecule has 3 rings (SSSR count). The highest BCUT2D eigenvalue weighted by atomic mass is 35.5. The molecule has 4 heteroatoms. The fourth-order valence-electron chi connectivity index (χ4n) is 2.20. The van der Waals surface area contributed by atoms with Crippen molar-refractivity contribution in [2.45, 2.75) is 37.3 Å². The third-order valence-corrected chi connectivity index (χ3v) is 3.80. The summed E-state index contributed by atoms with van der Waals surface area (Å²) >= 11 is 5.90. The molecule has 0 bridgehead atoms. The summed E-state index contributed by atoms with van der Waals surface area (Å²) in [4.78, 5) is 4.26. The SMILES string of the molecule is CN=C(NC1CC1)N[C@@H]1C[C@H]1c1ccc(Cl)cc1. The first kappa shape index (κ1) is 11.8. The second kappa shape index (κ2) is 4.81. The Hall–Kier alpha value is -1.22. The molecule has 0 aliphatic heterocycles. The van der Waals surface area contributed by atoms with Crippen molar-refractivity contribution >= 4 is 17.6 Å². The van der Waals surface area contributed by atoms with E-state index < -0.39 is 0 Å². The Morgan fingerprint density at radius 1 is 1.22 bits per heavy atom. The molecule has 0 aromatic heterocycles. The van der Waals surface area contributed by atoms with E-state index in [1.807, 2.05) is 19.2 Å². The van der Waals surface area contributed by atoms with Crippen molar-refractivity contribution in [2.24, 2.45) is 4.99 Å². The van der Waals surface area contributed by atoms with Gasteiger partial charge < -0.3 is 10.6 Å². The molecule has 2 aliphatic rings. The Balaban J connectivity index is 1.55. The Kier molecular flexibility index (Phi) is 3.16. The lowest BCUT2D eigenvalue weighted by atomic mass is 10.1. The molecule has 0 amide bonds. The van der Waals surface area contributed by atoms with Gasteiger partial charge in [-0.15, -0.1) is 0 Å². The lowest BCUT2D eigenvalue weighted by molar-refractivity contribution is 0.787. The quantitative estimate of drug-likeness (QED) is 0.650. The van der Waals surface area contributed by atoms with Crippen LogP contribution in [0, 0.1) is 0 Å². The molecule has 2 N–H and O–H groups in total. The first-order chi connectivity index (χ1) is 8.76. The highest BCUT2D eigenvalue weighted by molar-refractivity contribution is 6.30. The largest absolute Gasteiger partial charge is 0.354 e. The molecule has 0 saturated heterocycles. The normalized spacial score (nSPS) is 26.9. The monoisotopic (exact) mass is 263 g/mol. The number of nitrogens with one attached hydrogen (secondary N) is 2. The van der Waals surface area contributed by atoms with Gasteiger partial charge in [-0.25, -0.2) is 0 Å². The fraction of sp³-hybridized carbons (Fsp3) is 0.500. The van der Waals surface area contributed by atoms with Gasteiger partial charge in [0.25, 0.3) is 0 Å². The summed E-state index contributed by atoms with van der Waals surface area (Å²) in [6.07, 6.45) is 3.71. The molecule has 2 fully saturated rings. The van der Waals surface area contributed by atoms with Gasteiger partial charge in [0.15, 0.2) is 5.96 Å². The zero-order chi connectivity index (χ0) is 12.5. The van der Waals surface area contributed by atoms with Gasteiger partial charge in [-0.05, 0) is 37.0 Å². The molecule has 1 aromatic carbocycles. The average molecular weight is 264 g/mol. The summed E-state index contributed by atoms with van der Waals surface area (Å²) < 4.78 is 0. The van der Waals surface area contributed by atoms with Crippen molar-refractivity contribution in [3.8, 4) is 0 Å². The summed E-state index contributed by atoms with van der Waals surface area (Å²) in [5.41, 5.74) is 1.36. The zero-order valence-corrected chi connectivity index (χ0v) is 11.2. The zero-order valence-electron chi connectivity index (χ0n) is 10.5. The van der Waals surface area contributed by atoms with Crippen LogP contribution in [-0.2, 0) is 0 Å². The van der Waals surface area contributed by atoms with Gasteiger partial charge >= 0.3 is 0 Å². The van der Waals surface area contributed by atoms with E-state index in [1.165, 1.54) is 24.8 Å². The molecular weight excluding hydrogens is 246 g/mol. The van der Waals surface area contributed by atoms with Gasteiger partial charge in [0.2, 0.25) is 0 Å². The molecule has 1 aromatic rings. The van der Waals surface area contributed by atoms with Crippen molar-refractivity contribution in [1.29, 1.82) is 0 Å². The summed E-state index contributed by atoms with van der Waals surface area (Å²) in [6.45, 7) is 0. The molecule has 3 nitrogen and oxygen atoms in total. The summed E-state index contributed by atoms with van der Waals surface area (Å²) in [7, 11) is 1.83. The van der Waals surface area contributed by atoms with Gasteiger partial charge in [0.05, 0.1) is 0 Å². The molecule has 0 radical (unpaired) electrons. The van der Waals surface area contributed by atoms with E-state index >= 15 is 0 Å². The minimum Gasteiger partial charge on any atom is -0.354 e. The maximum atomic E-state index is 5.90. The first-order valence-electron chi connectivity index (χ1n) is 6.51. The lowest BCUT2D eigenvalue weighted by Gasteiger charge is -2.10. The maximum absolute atomic E-state index is 5.90. The molecule has 0 spiro atoms. The fourth-order valence-corrected chi connectivity index (χ4v) is 2.33. The third kappa shape index (κ3) is 2.78. The molecule has 96 valence electrons. The van der Waals surface area contributed by atoms with Gasteiger partial charge in [-0.3, -0.25) is 4.99 Å². The van der Waals surface area contributed by atoms with Gasteiger partial charge in [-0.1, -0.05) is 23.7 Å². The lowest BCUT2D eigenvalue weighted by Crippen LogP contribution is -2.40. The minimum absolute atomic E-state index is 0.510. The highest BCUT2D eigenvalue weighted by Gasteiger charge is 2.39. The average Bonchev–Trinajstić information content (AvgIpc) is 3.26. The van der Waals surface area contributed by atoms with Crippen LogP contribution >= 0.6 is 11.6 Å². The second-order valence-corrected chi connectivity index (χ2v) is 5.57. The minimum atomic E-state index is 0.510. The van der Waals surface area contributed by atoms with Crippen LogP contribution in [0.4, 0.5) is 0 Å². The van der Waals surface area contributed by atoms with Gasteiger partial charge in [0, 0.05) is 30.1 Å². The van der Waals surface area contributed by atoms with Crippen LogP contribution in [0.1, 0.15) is 30.7 Å². The van der Waals surface area contributed by atoms with Crippen molar-refractivity contribution in [1.82, 2.24) is 10.6 Å². The number of hydrogen-bond donors (Lipinski definition) is 2. The maximum Gasteiger partial charge on any atom is 0.191 e. The van der Waals surface area contributed by atoms with E-state index in [9.17, 15) is 0 Å². The Labute approximate surface area is 113 Å². The topological polar surface area (TPSA) is 36.4 Å². The number of rotatable bonds is 3. The Morgan fingerprint density at radius 2 is 1.94 bits per heavy atom. The van der Waals surface area contributed by atoms with Crippen LogP contribution in [0.2, 0.25) is 5.02 Å².